The molecule has 1 aromatic carbocycles. The lowest BCUT2D eigenvalue weighted by atomic mass is 10.1. The highest BCUT2D eigenvalue weighted by molar-refractivity contribution is 6.05. The predicted molar refractivity (Wildman–Crippen MR) is 115 cm³/mol. The van der Waals surface area contributed by atoms with E-state index in [2.05, 4.69) is 25.6 Å². The predicted octanol–water partition coefficient (Wildman–Crippen LogP) is 3.31. The van der Waals surface area contributed by atoms with Crippen molar-refractivity contribution in [3.05, 3.63) is 76.1 Å². The average molecular weight is 424 g/mol. The third-order valence-electron chi connectivity index (χ3n) is 4.21. The summed E-state index contributed by atoms with van der Waals surface area (Å²) < 4.78 is 10.2. The van der Waals surface area contributed by atoms with Crippen LogP contribution in [-0.2, 0) is 14.3 Å². The van der Waals surface area contributed by atoms with Gasteiger partial charge in [0.15, 0.2) is 6.29 Å². The molecular weight excluding hydrogens is 400 g/mol. The first kappa shape index (κ1) is 23.6. The second-order valence-electron chi connectivity index (χ2n) is 6.33. The van der Waals surface area contributed by atoms with Crippen molar-refractivity contribution in [1.29, 1.82) is 0 Å². The fourth-order valence-corrected chi connectivity index (χ4v) is 2.60. The highest BCUT2D eigenvalue weighted by atomic mass is 16.7. The largest absolute Gasteiger partial charge is 0.356 e. The van der Waals surface area contributed by atoms with Crippen molar-refractivity contribution in [1.82, 2.24) is 15.6 Å². The molecule has 0 fully saturated rings. The van der Waals surface area contributed by atoms with Crippen LogP contribution in [0.25, 0.3) is 16.5 Å². The zero-order valence-electron chi connectivity index (χ0n) is 17.3. The Morgan fingerprint density at radius 2 is 1.97 bits per heavy atom. The summed E-state index contributed by atoms with van der Waals surface area (Å²) in [6.45, 7) is 0.373. The molecule has 1 aromatic heterocycles. The molecule has 2 amide bonds. The van der Waals surface area contributed by atoms with Crippen LogP contribution in [0.1, 0.15) is 28.8 Å². The van der Waals surface area contributed by atoms with E-state index in [1.807, 2.05) is 0 Å². The molecule has 162 valence electrons. The number of carbonyl (C=O) groups excluding carboxylic acids is 2. The number of amides is 2. The molecule has 1 heterocycles. The van der Waals surface area contributed by atoms with E-state index in [-0.39, 0.29) is 12.0 Å². The van der Waals surface area contributed by atoms with Gasteiger partial charge in [-0.1, -0.05) is 29.4 Å². The summed E-state index contributed by atoms with van der Waals surface area (Å²) in [4.78, 5) is 31.9. The fraction of sp³-hybridized carbons (Fsp3) is 0.286. The number of azide groups is 1. The van der Waals surface area contributed by atoms with Crippen LogP contribution in [0.15, 0.2) is 59.6 Å². The Morgan fingerprint density at radius 1 is 1.23 bits per heavy atom. The van der Waals surface area contributed by atoms with E-state index in [1.165, 1.54) is 12.3 Å². The zero-order valence-corrected chi connectivity index (χ0v) is 17.3. The maximum Gasteiger partial charge on any atom is 0.267 e. The van der Waals surface area contributed by atoms with Crippen molar-refractivity contribution in [2.45, 2.75) is 19.1 Å². The summed E-state index contributed by atoms with van der Waals surface area (Å²) in [6, 6.07) is 9.81. The third-order valence-corrected chi connectivity index (χ3v) is 4.21. The number of methoxy groups -OCH3 is 2. The van der Waals surface area contributed by atoms with Crippen LogP contribution in [0.3, 0.4) is 0 Å². The second-order valence-corrected chi connectivity index (χ2v) is 6.33. The van der Waals surface area contributed by atoms with Gasteiger partial charge in [-0.05, 0) is 35.7 Å². The number of carbonyl (C=O) groups is 2. The average Bonchev–Trinajstić information content (AvgIpc) is 2.80. The quantitative estimate of drug-likeness (QED) is 0.142. The number of hydrogen-bond acceptors (Lipinski definition) is 6. The van der Waals surface area contributed by atoms with Gasteiger partial charge in [-0.25, -0.2) is 0 Å². The maximum atomic E-state index is 12.7. The van der Waals surface area contributed by atoms with Gasteiger partial charge in [-0.2, -0.15) is 0 Å². The summed E-state index contributed by atoms with van der Waals surface area (Å²) in [6.07, 6.45) is 5.40. The zero-order chi connectivity index (χ0) is 22.5. The van der Waals surface area contributed by atoms with E-state index in [0.717, 1.165) is 0 Å². The van der Waals surface area contributed by atoms with E-state index >= 15 is 0 Å². The summed E-state index contributed by atoms with van der Waals surface area (Å²) in [5.41, 5.74) is 9.99. The highest BCUT2D eigenvalue weighted by Crippen LogP contribution is 2.15. The van der Waals surface area contributed by atoms with E-state index in [9.17, 15) is 9.59 Å². The first-order valence-corrected chi connectivity index (χ1v) is 9.49. The first-order chi connectivity index (χ1) is 15.1. The molecule has 0 aliphatic heterocycles. The molecule has 2 rings (SSSR count). The number of hydrogen-bond donors (Lipinski definition) is 2. The number of nitrogens with one attached hydrogen (secondary N) is 2. The van der Waals surface area contributed by atoms with Crippen molar-refractivity contribution in [3.8, 4) is 0 Å². The Hall–Kier alpha value is -3.72. The maximum absolute atomic E-state index is 12.7. The van der Waals surface area contributed by atoms with E-state index in [4.69, 9.17) is 15.0 Å². The third kappa shape index (κ3) is 7.90. The topological polar surface area (TPSA) is 138 Å². The minimum Gasteiger partial charge on any atom is -0.356 e. The highest BCUT2D eigenvalue weighted by Gasteiger charge is 2.15. The summed E-state index contributed by atoms with van der Waals surface area (Å²) in [5, 5.41) is 8.92. The lowest BCUT2D eigenvalue weighted by Gasteiger charge is -2.14. The molecule has 2 N–H and O–H groups in total. The number of nitrogens with zero attached hydrogens (tertiary/aromatic N) is 4. The van der Waals surface area contributed by atoms with Crippen LogP contribution in [0.5, 0.6) is 0 Å². The molecule has 10 heteroatoms. The SMILES string of the molecule is COC(CCCNC(=O)C(=Cc1ccc(N=[N+]=[N-])cc1)NC(=O)c1cccnc1)OC. The van der Waals surface area contributed by atoms with Crippen molar-refractivity contribution in [2.24, 2.45) is 5.11 Å². The Morgan fingerprint density at radius 3 is 2.58 bits per heavy atom. The molecule has 0 unspecified atom stereocenters. The molecule has 10 nitrogen and oxygen atoms in total. The Labute approximate surface area is 179 Å². The van der Waals surface area contributed by atoms with Crippen LogP contribution in [-0.4, -0.2) is 43.9 Å². The molecule has 2 aromatic rings. The van der Waals surface area contributed by atoms with Gasteiger partial charge in [0.25, 0.3) is 11.8 Å². The van der Waals surface area contributed by atoms with Gasteiger partial charge >= 0.3 is 0 Å². The molecule has 0 spiro atoms. The lowest BCUT2D eigenvalue weighted by molar-refractivity contribution is -0.118. The van der Waals surface area contributed by atoms with Crippen LogP contribution in [0.4, 0.5) is 5.69 Å². The Balaban J connectivity index is 2.13. The number of benzene rings is 1. The van der Waals surface area contributed by atoms with Crippen LogP contribution >= 0.6 is 0 Å². The fourth-order valence-electron chi connectivity index (χ4n) is 2.60. The monoisotopic (exact) mass is 424 g/mol. The van der Waals surface area contributed by atoms with Gasteiger partial charge in [-0.15, -0.1) is 0 Å². The van der Waals surface area contributed by atoms with Crippen LogP contribution in [0, 0.1) is 0 Å². The van der Waals surface area contributed by atoms with Gasteiger partial charge in [0.05, 0.1) is 5.56 Å². The Kier molecular flexibility index (Phi) is 9.70. The van der Waals surface area contributed by atoms with Crippen molar-refractivity contribution in [3.63, 3.8) is 0 Å². The molecule has 0 saturated carbocycles. The van der Waals surface area contributed by atoms with Gasteiger partial charge in [0.2, 0.25) is 0 Å². The van der Waals surface area contributed by atoms with E-state index in [1.54, 1.807) is 56.8 Å². The molecule has 0 saturated heterocycles. The molecule has 0 aliphatic carbocycles. The van der Waals surface area contributed by atoms with Crippen molar-refractivity contribution >= 4 is 23.6 Å². The van der Waals surface area contributed by atoms with Gasteiger partial charge in [0.1, 0.15) is 5.70 Å². The molecule has 0 radical (unpaired) electrons. The molecular formula is C21H24N6O4. The normalized spacial score (nSPS) is 11.0. The van der Waals surface area contributed by atoms with Crippen molar-refractivity contribution in [2.75, 3.05) is 20.8 Å². The van der Waals surface area contributed by atoms with Gasteiger partial charge < -0.3 is 20.1 Å². The molecule has 31 heavy (non-hydrogen) atoms. The summed E-state index contributed by atoms with van der Waals surface area (Å²) >= 11 is 0. The summed E-state index contributed by atoms with van der Waals surface area (Å²) in [7, 11) is 3.10. The molecule has 0 aliphatic rings. The van der Waals surface area contributed by atoms with Crippen LogP contribution in [0.2, 0.25) is 0 Å². The lowest BCUT2D eigenvalue weighted by Crippen LogP contribution is -2.35. The van der Waals surface area contributed by atoms with Crippen LogP contribution < -0.4 is 10.6 Å². The van der Waals surface area contributed by atoms with E-state index in [0.29, 0.717) is 36.2 Å². The Bertz CT molecular complexity index is 936. The smallest absolute Gasteiger partial charge is 0.267 e. The minimum absolute atomic E-state index is 0.0698. The standard InChI is InChI=1S/C21H24N6O4/c1-30-19(31-2)6-4-12-24-21(29)18(25-20(28)16-5-3-11-23-14-16)13-15-7-9-17(10-8-15)26-27-22/h3,5,7-11,13-14,19H,4,6,12H2,1-2H3,(H,24,29)(H,25,28). The van der Waals surface area contributed by atoms with E-state index < -0.39 is 11.8 Å². The minimum atomic E-state index is -0.459. The molecule has 0 bridgehead atoms. The van der Waals surface area contributed by atoms with Gasteiger partial charge in [0, 0.05) is 50.2 Å². The number of aromatic nitrogens is 1. The van der Waals surface area contributed by atoms with Gasteiger partial charge in [-0.3, -0.25) is 14.6 Å². The number of pyridine rings is 1. The second kappa shape index (κ2) is 12.8. The molecule has 0 atom stereocenters. The first-order valence-electron chi connectivity index (χ1n) is 9.49. The number of rotatable bonds is 11. The van der Waals surface area contributed by atoms with Crippen molar-refractivity contribution < 1.29 is 19.1 Å². The summed E-state index contributed by atoms with van der Waals surface area (Å²) in [5.74, 6) is -0.901. The number of ether oxygens (including phenoxy) is 2.